The third kappa shape index (κ3) is 4.42. The van der Waals surface area contributed by atoms with Crippen LogP contribution < -0.4 is 14.2 Å². The third-order valence-corrected chi connectivity index (χ3v) is 6.64. The smallest absolute Gasteiger partial charge is 0.355 e. The van der Waals surface area contributed by atoms with Gasteiger partial charge in [-0.2, -0.15) is 4.98 Å². The van der Waals surface area contributed by atoms with Crippen LogP contribution in [-0.4, -0.2) is 41.7 Å². The molecule has 178 valence electrons. The van der Waals surface area contributed by atoms with E-state index in [9.17, 15) is 0 Å². The second kappa shape index (κ2) is 10.1. The van der Waals surface area contributed by atoms with Crippen molar-refractivity contribution in [1.82, 2.24) is 10.1 Å². The molecule has 0 saturated heterocycles. The summed E-state index contributed by atoms with van der Waals surface area (Å²) in [6.45, 7) is 4.24. The van der Waals surface area contributed by atoms with Gasteiger partial charge in [-0.15, -0.1) is 0 Å². The highest BCUT2D eigenvalue weighted by Crippen LogP contribution is 2.43. The zero-order valence-electron chi connectivity index (χ0n) is 20.2. The number of benzene rings is 2. The van der Waals surface area contributed by atoms with Gasteiger partial charge in [0.15, 0.2) is 11.5 Å². The van der Waals surface area contributed by atoms with E-state index in [1.54, 1.807) is 14.2 Å². The zero-order valence-corrected chi connectivity index (χ0v) is 20.2. The third-order valence-electron chi connectivity index (χ3n) is 6.64. The second-order valence-electron chi connectivity index (χ2n) is 8.30. The molecule has 1 aromatic heterocycles. The minimum atomic E-state index is -0.670. The van der Waals surface area contributed by atoms with Crippen molar-refractivity contribution in [2.75, 3.05) is 14.2 Å². The number of nitrogens with zero attached hydrogens (tertiary/aromatic N) is 3. The maximum absolute atomic E-state index is 6.62. The Balaban J connectivity index is 1.65. The summed E-state index contributed by atoms with van der Waals surface area (Å²) in [5.41, 5.74) is 0.776. The van der Waals surface area contributed by atoms with E-state index in [1.165, 1.54) is 0 Å². The molecule has 0 spiro atoms. The van der Waals surface area contributed by atoms with Crippen LogP contribution in [0.15, 0.2) is 70.2 Å². The van der Waals surface area contributed by atoms with Crippen molar-refractivity contribution in [1.29, 1.82) is 0 Å². The summed E-state index contributed by atoms with van der Waals surface area (Å²) in [4.78, 5) is 9.41. The monoisotopic (exact) mass is 461 g/mol. The van der Waals surface area contributed by atoms with Gasteiger partial charge in [0.05, 0.1) is 14.2 Å². The number of aromatic nitrogens is 2. The summed E-state index contributed by atoms with van der Waals surface area (Å²) in [5.74, 6) is 1.84. The van der Waals surface area contributed by atoms with Gasteiger partial charge in [-0.25, -0.2) is 0 Å². The van der Waals surface area contributed by atoms with E-state index in [4.69, 9.17) is 23.7 Å². The number of rotatable bonds is 11. The molecule has 7 heteroatoms. The standard InChI is InChI=1S/C27H31N3O4/c1-5-26(16-10-18-28-26)27(6-2,17-15-20-13-14-22(31-3)23(19-20)32-4)33-25-29-24(34-30-25)21-11-8-7-9-12-21/h7-14,16,18-19H,5-6,15,17H2,1-4H3. The molecule has 0 N–H and O–H groups in total. The van der Waals surface area contributed by atoms with E-state index in [0.717, 1.165) is 24.0 Å². The van der Waals surface area contributed by atoms with Crippen molar-refractivity contribution in [3.63, 3.8) is 0 Å². The van der Waals surface area contributed by atoms with Crippen molar-refractivity contribution >= 4 is 6.21 Å². The predicted octanol–water partition coefficient (Wildman–Crippen LogP) is 5.70. The maximum atomic E-state index is 6.62. The molecular weight excluding hydrogens is 430 g/mol. The van der Waals surface area contributed by atoms with Crippen LogP contribution in [0.4, 0.5) is 0 Å². The predicted molar refractivity (Wildman–Crippen MR) is 132 cm³/mol. The highest BCUT2D eigenvalue weighted by atomic mass is 16.6. The first-order chi connectivity index (χ1) is 16.6. The molecule has 2 aromatic carbocycles. The number of hydrogen-bond acceptors (Lipinski definition) is 7. The average Bonchev–Trinajstić information content (AvgIpc) is 3.57. The Morgan fingerprint density at radius 1 is 1.00 bits per heavy atom. The molecule has 0 fully saturated rings. The molecule has 3 aromatic rings. The first-order valence-corrected chi connectivity index (χ1v) is 11.6. The first kappa shape index (κ1) is 23.5. The van der Waals surface area contributed by atoms with Crippen LogP contribution in [-0.2, 0) is 6.42 Å². The molecule has 0 bridgehead atoms. The Morgan fingerprint density at radius 3 is 2.44 bits per heavy atom. The normalized spacial score (nSPS) is 18.6. The molecule has 0 radical (unpaired) electrons. The second-order valence-corrected chi connectivity index (χ2v) is 8.30. The molecule has 34 heavy (non-hydrogen) atoms. The number of hydrogen-bond donors (Lipinski definition) is 0. The molecule has 0 aliphatic carbocycles. The number of aliphatic imine (C=N–C) groups is 1. The molecule has 1 aliphatic heterocycles. The van der Waals surface area contributed by atoms with Crippen LogP contribution in [0.2, 0.25) is 0 Å². The zero-order chi connectivity index (χ0) is 24.0. The Morgan fingerprint density at radius 2 is 1.79 bits per heavy atom. The van der Waals surface area contributed by atoms with Gasteiger partial charge in [0.2, 0.25) is 0 Å². The summed E-state index contributed by atoms with van der Waals surface area (Å²) in [5, 5.41) is 4.15. The van der Waals surface area contributed by atoms with Crippen LogP contribution >= 0.6 is 0 Å². The fourth-order valence-electron chi connectivity index (χ4n) is 4.64. The molecule has 2 heterocycles. The van der Waals surface area contributed by atoms with Gasteiger partial charge >= 0.3 is 6.01 Å². The highest BCUT2D eigenvalue weighted by Gasteiger charge is 2.51. The van der Waals surface area contributed by atoms with Gasteiger partial charge in [0.25, 0.3) is 5.89 Å². The lowest BCUT2D eigenvalue weighted by Crippen LogP contribution is -2.55. The topological polar surface area (TPSA) is 79.0 Å². The van der Waals surface area contributed by atoms with Gasteiger partial charge in [-0.05, 0) is 66.7 Å². The summed E-state index contributed by atoms with van der Waals surface area (Å²) in [6, 6.07) is 15.9. The first-order valence-electron chi connectivity index (χ1n) is 11.6. The minimum Gasteiger partial charge on any atom is -0.493 e. The van der Waals surface area contributed by atoms with Crippen molar-refractivity contribution < 1.29 is 18.7 Å². The van der Waals surface area contributed by atoms with Crippen molar-refractivity contribution in [2.24, 2.45) is 4.99 Å². The average molecular weight is 462 g/mol. The lowest BCUT2D eigenvalue weighted by atomic mass is 9.73. The Hall–Kier alpha value is -3.61. The molecule has 0 amide bonds. The van der Waals surface area contributed by atoms with Crippen molar-refractivity contribution in [3.8, 4) is 29.0 Å². The lowest BCUT2D eigenvalue weighted by Gasteiger charge is -2.44. The summed E-state index contributed by atoms with van der Waals surface area (Å²) in [6.07, 6.45) is 8.91. The summed E-state index contributed by atoms with van der Waals surface area (Å²) < 4.78 is 23.0. The van der Waals surface area contributed by atoms with Crippen molar-refractivity contribution in [2.45, 2.75) is 50.7 Å². The molecular formula is C27H31N3O4. The minimum absolute atomic E-state index is 0.219. The molecule has 2 unspecified atom stereocenters. The van der Waals surface area contributed by atoms with Crippen LogP contribution in [0, 0.1) is 0 Å². The van der Waals surface area contributed by atoms with Gasteiger partial charge < -0.3 is 18.7 Å². The largest absolute Gasteiger partial charge is 0.493 e. The maximum Gasteiger partial charge on any atom is 0.355 e. The number of aryl methyl sites for hydroxylation is 1. The Labute approximate surface area is 200 Å². The SMILES string of the molecule is CCC1(C(CC)(CCc2ccc(OC)c(OC)c2)Oc2noc(-c3ccccc3)n2)C=CC=N1. The molecule has 0 saturated carbocycles. The molecule has 1 aliphatic rings. The van der Waals surface area contributed by atoms with Gasteiger partial charge in [0.1, 0.15) is 11.1 Å². The number of ether oxygens (including phenoxy) is 3. The number of methoxy groups -OCH3 is 2. The lowest BCUT2D eigenvalue weighted by molar-refractivity contribution is -0.0109. The van der Waals surface area contributed by atoms with Gasteiger partial charge in [0, 0.05) is 11.8 Å². The van der Waals surface area contributed by atoms with E-state index in [0.29, 0.717) is 30.2 Å². The van der Waals surface area contributed by atoms with E-state index in [1.807, 2.05) is 54.8 Å². The quantitative estimate of drug-likeness (QED) is 0.364. The molecule has 4 rings (SSSR count). The van der Waals surface area contributed by atoms with E-state index >= 15 is 0 Å². The number of allylic oxidation sites excluding steroid dienone is 1. The fourth-order valence-corrected chi connectivity index (χ4v) is 4.64. The van der Waals surface area contributed by atoms with Crippen molar-refractivity contribution in [3.05, 3.63) is 66.2 Å². The van der Waals surface area contributed by atoms with E-state index in [-0.39, 0.29) is 6.01 Å². The Bertz CT molecular complexity index is 1140. The Kier molecular flexibility index (Phi) is 7.01. The van der Waals surface area contributed by atoms with E-state index < -0.39 is 11.1 Å². The van der Waals surface area contributed by atoms with Gasteiger partial charge in [-0.3, -0.25) is 4.99 Å². The highest BCUT2D eigenvalue weighted by molar-refractivity contribution is 5.75. The van der Waals surface area contributed by atoms with Crippen LogP contribution in [0.25, 0.3) is 11.5 Å². The van der Waals surface area contributed by atoms with Crippen LogP contribution in [0.5, 0.6) is 17.5 Å². The van der Waals surface area contributed by atoms with Crippen LogP contribution in [0.1, 0.15) is 38.7 Å². The fraction of sp³-hybridized carbons (Fsp3) is 0.370. The van der Waals surface area contributed by atoms with Crippen LogP contribution in [0.3, 0.4) is 0 Å². The van der Waals surface area contributed by atoms with E-state index in [2.05, 4.69) is 36.1 Å². The van der Waals surface area contributed by atoms with Gasteiger partial charge in [-0.1, -0.05) is 44.2 Å². The molecule has 2 atom stereocenters. The summed E-state index contributed by atoms with van der Waals surface area (Å²) in [7, 11) is 3.28. The molecule has 7 nitrogen and oxygen atoms in total. The summed E-state index contributed by atoms with van der Waals surface area (Å²) >= 11 is 0.